The molecule has 1 fully saturated rings. The zero-order valence-corrected chi connectivity index (χ0v) is 16.1. The SMILES string of the molecule is O=C(COC(=O)C1CCCN1C(=O)c1ccco1)NC1CCCc2ccccc21. The molecule has 1 aliphatic carbocycles. The number of carbonyl (C=O) groups is 3. The fourth-order valence-corrected chi connectivity index (χ4v) is 4.17. The Morgan fingerprint density at radius 1 is 1.10 bits per heavy atom. The van der Waals surface area contributed by atoms with Crippen molar-refractivity contribution in [2.75, 3.05) is 13.2 Å². The van der Waals surface area contributed by atoms with E-state index in [0.29, 0.717) is 19.4 Å². The van der Waals surface area contributed by atoms with Crippen molar-refractivity contribution in [3.63, 3.8) is 0 Å². The van der Waals surface area contributed by atoms with Crippen LogP contribution < -0.4 is 5.32 Å². The van der Waals surface area contributed by atoms with Gasteiger partial charge in [-0.1, -0.05) is 24.3 Å². The van der Waals surface area contributed by atoms with E-state index < -0.39 is 12.0 Å². The number of furan rings is 1. The van der Waals surface area contributed by atoms with E-state index >= 15 is 0 Å². The van der Waals surface area contributed by atoms with Crippen molar-refractivity contribution in [2.24, 2.45) is 0 Å². The molecule has 2 aliphatic rings. The highest BCUT2D eigenvalue weighted by atomic mass is 16.5. The lowest BCUT2D eigenvalue weighted by molar-refractivity contribution is -0.152. The number of rotatable bonds is 5. The molecule has 2 atom stereocenters. The van der Waals surface area contributed by atoms with Crippen LogP contribution in [0.2, 0.25) is 0 Å². The number of hydrogen-bond donors (Lipinski definition) is 1. The van der Waals surface area contributed by atoms with E-state index in [4.69, 9.17) is 9.15 Å². The van der Waals surface area contributed by atoms with E-state index in [-0.39, 0.29) is 30.2 Å². The number of nitrogens with one attached hydrogen (secondary N) is 1. The van der Waals surface area contributed by atoms with Gasteiger partial charge in [0.05, 0.1) is 12.3 Å². The quantitative estimate of drug-likeness (QED) is 0.785. The summed E-state index contributed by atoms with van der Waals surface area (Å²) in [4.78, 5) is 38.8. The van der Waals surface area contributed by atoms with Gasteiger partial charge in [0.1, 0.15) is 6.04 Å². The van der Waals surface area contributed by atoms with Gasteiger partial charge in [0.15, 0.2) is 12.4 Å². The van der Waals surface area contributed by atoms with Crippen LogP contribution >= 0.6 is 0 Å². The Morgan fingerprint density at radius 2 is 1.97 bits per heavy atom. The number of aryl methyl sites for hydroxylation is 1. The summed E-state index contributed by atoms with van der Waals surface area (Å²) in [6.45, 7) is 0.112. The highest BCUT2D eigenvalue weighted by molar-refractivity contribution is 5.95. The summed E-state index contributed by atoms with van der Waals surface area (Å²) in [5, 5.41) is 2.97. The third kappa shape index (κ3) is 4.18. The van der Waals surface area contributed by atoms with Crippen LogP contribution in [-0.2, 0) is 20.7 Å². The molecule has 1 aromatic carbocycles. The van der Waals surface area contributed by atoms with Gasteiger partial charge in [-0.25, -0.2) is 4.79 Å². The third-order valence-corrected chi connectivity index (χ3v) is 5.57. The van der Waals surface area contributed by atoms with E-state index in [9.17, 15) is 14.4 Å². The number of fused-ring (bicyclic) bond motifs is 1. The number of ether oxygens (including phenoxy) is 1. The molecule has 29 heavy (non-hydrogen) atoms. The Hall–Kier alpha value is -3.09. The molecule has 0 bridgehead atoms. The van der Waals surface area contributed by atoms with Crippen LogP contribution in [-0.4, -0.2) is 41.9 Å². The number of amides is 2. The second-order valence-electron chi connectivity index (χ2n) is 7.45. The fraction of sp³-hybridized carbons (Fsp3) is 0.409. The first-order valence-electron chi connectivity index (χ1n) is 10.0. The van der Waals surface area contributed by atoms with Crippen LogP contribution in [0.1, 0.15) is 53.4 Å². The van der Waals surface area contributed by atoms with Gasteiger partial charge in [0.25, 0.3) is 11.8 Å². The van der Waals surface area contributed by atoms with E-state index in [0.717, 1.165) is 24.8 Å². The Kier molecular flexibility index (Phi) is 5.64. The molecular weight excluding hydrogens is 372 g/mol. The van der Waals surface area contributed by atoms with Crippen LogP contribution in [0.5, 0.6) is 0 Å². The average Bonchev–Trinajstić information content (AvgIpc) is 3.44. The molecule has 1 saturated heterocycles. The maximum atomic E-state index is 12.5. The minimum absolute atomic E-state index is 0.0605. The van der Waals surface area contributed by atoms with Gasteiger partial charge >= 0.3 is 5.97 Å². The first-order chi connectivity index (χ1) is 14.1. The topological polar surface area (TPSA) is 88.9 Å². The second kappa shape index (κ2) is 8.51. The molecule has 7 nitrogen and oxygen atoms in total. The molecule has 2 heterocycles. The largest absolute Gasteiger partial charge is 0.459 e. The van der Waals surface area contributed by atoms with Gasteiger partial charge in [0.2, 0.25) is 0 Å². The summed E-state index contributed by atoms with van der Waals surface area (Å²) < 4.78 is 10.4. The summed E-state index contributed by atoms with van der Waals surface area (Å²) in [5.74, 6) is -1.03. The minimum atomic E-state index is -0.684. The van der Waals surface area contributed by atoms with Crippen LogP contribution in [0.15, 0.2) is 47.1 Å². The van der Waals surface area contributed by atoms with Crippen molar-refractivity contribution in [1.29, 1.82) is 0 Å². The zero-order chi connectivity index (χ0) is 20.2. The summed E-state index contributed by atoms with van der Waals surface area (Å²) in [6, 6.07) is 10.5. The Labute approximate surface area is 169 Å². The summed E-state index contributed by atoms with van der Waals surface area (Å²) in [7, 11) is 0. The lowest BCUT2D eigenvalue weighted by Crippen LogP contribution is -2.42. The number of likely N-dealkylation sites (tertiary alicyclic amines) is 1. The monoisotopic (exact) mass is 396 g/mol. The molecule has 4 rings (SSSR count). The highest BCUT2D eigenvalue weighted by Crippen LogP contribution is 2.29. The van der Waals surface area contributed by atoms with Crippen LogP contribution in [0.4, 0.5) is 0 Å². The number of hydrogen-bond acceptors (Lipinski definition) is 5. The number of benzene rings is 1. The van der Waals surface area contributed by atoms with Crippen molar-refractivity contribution in [2.45, 2.75) is 44.2 Å². The maximum Gasteiger partial charge on any atom is 0.329 e. The maximum absolute atomic E-state index is 12.5. The summed E-state index contributed by atoms with van der Waals surface area (Å²) >= 11 is 0. The molecule has 2 unspecified atom stereocenters. The van der Waals surface area contributed by atoms with Crippen LogP contribution in [0.25, 0.3) is 0 Å². The molecule has 152 valence electrons. The van der Waals surface area contributed by atoms with Crippen molar-refractivity contribution >= 4 is 17.8 Å². The van der Waals surface area contributed by atoms with Crippen LogP contribution in [0, 0.1) is 0 Å². The first kappa shape index (κ1) is 19.2. The molecule has 7 heteroatoms. The van der Waals surface area contributed by atoms with Crippen LogP contribution in [0.3, 0.4) is 0 Å². The van der Waals surface area contributed by atoms with Crippen molar-refractivity contribution < 1.29 is 23.5 Å². The van der Waals surface area contributed by atoms with E-state index in [1.165, 1.54) is 16.7 Å². The van der Waals surface area contributed by atoms with Crippen molar-refractivity contribution in [1.82, 2.24) is 10.2 Å². The van der Waals surface area contributed by atoms with Gasteiger partial charge in [-0.05, 0) is 55.4 Å². The number of nitrogens with zero attached hydrogens (tertiary/aromatic N) is 1. The zero-order valence-electron chi connectivity index (χ0n) is 16.1. The summed E-state index contributed by atoms with van der Waals surface area (Å²) in [6.07, 6.45) is 5.53. The van der Waals surface area contributed by atoms with Gasteiger partial charge in [0, 0.05) is 6.54 Å². The Morgan fingerprint density at radius 3 is 2.79 bits per heavy atom. The first-order valence-corrected chi connectivity index (χ1v) is 10.0. The molecular formula is C22H24N2O5. The molecule has 0 spiro atoms. The van der Waals surface area contributed by atoms with Crippen molar-refractivity contribution in [3.05, 3.63) is 59.5 Å². The molecule has 2 aromatic rings. The minimum Gasteiger partial charge on any atom is -0.459 e. The predicted molar refractivity (Wildman–Crippen MR) is 104 cm³/mol. The molecule has 0 radical (unpaired) electrons. The van der Waals surface area contributed by atoms with E-state index in [2.05, 4.69) is 11.4 Å². The standard InChI is InChI=1S/C22H24N2O5/c25-20(23-17-9-3-7-15-6-1-2-8-16(15)17)14-29-22(27)18-10-4-12-24(18)21(26)19-11-5-13-28-19/h1-2,5-6,8,11,13,17-18H,3-4,7,9-10,12,14H2,(H,23,25). The van der Waals surface area contributed by atoms with Crippen molar-refractivity contribution in [3.8, 4) is 0 Å². The third-order valence-electron chi connectivity index (χ3n) is 5.57. The number of carbonyl (C=O) groups excluding carboxylic acids is 3. The predicted octanol–water partition coefficient (Wildman–Crippen LogP) is 2.62. The second-order valence-corrected chi connectivity index (χ2v) is 7.45. The fourth-order valence-electron chi connectivity index (χ4n) is 4.17. The molecule has 1 aromatic heterocycles. The molecule has 1 N–H and O–H groups in total. The molecule has 1 aliphatic heterocycles. The van der Waals surface area contributed by atoms with Gasteiger partial charge in [-0.2, -0.15) is 0 Å². The lowest BCUT2D eigenvalue weighted by atomic mass is 9.88. The average molecular weight is 396 g/mol. The Balaban J connectivity index is 1.31. The smallest absolute Gasteiger partial charge is 0.329 e. The lowest BCUT2D eigenvalue weighted by Gasteiger charge is -2.26. The Bertz CT molecular complexity index is 892. The summed E-state index contributed by atoms with van der Waals surface area (Å²) in [5.41, 5.74) is 2.38. The highest BCUT2D eigenvalue weighted by Gasteiger charge is 2.37. The van der Waals surface area contributed by atoms with Gasteiger partial charge in [-0.15, -0.1) is 0 Å². The number of esters is 1. The van der Waals surface area contributed by atoms with Gasteiger partial charge < -0.3 is 19.4 Å². The van der Waals surface area contributed by atoms with E-state index in [1.54, 1.807) is 12.1 Å². The molecule has 0 saturated carbocycles. The normalized spacial score (nSPS) is 20.8. The van der Waals surface area contributed by atoms with Gasteiger partial charge in [-0.3, -0.25) is 9.59 Å². The van der Waals surface area contributed by atoms with E-state index in [1.807, 2.05) is 18.2 Å². The molecule has 2 amide bonds.